The number of allylic oxidation sites excluding steroid dienone is 1. The molecule has 0 saturated heterocycles. The van der Waals surface area contributed by atoms with Crippen LogP contribution in [0, 0.1) is 5.92 Å². The quantitative estimate of drug-likeness (QED) is 0.378. The van der Waals surface area contributed by atoms with Crippen molar-refractivity contribution >= 4 is 0 Å². The molecule has 2 aromatic rings. The molecule has 0 heteroatoms. The Labute approximate surface area is 168 Å². The van der Waals surface area contributed by atoms with Gasteiger partial charge in [-0.25, -0.2) is 0 Å². The minimum absolute atomic E-state index is 0.531. The van der Waals surface area contributed by atoms with Gasteiger partial charge in [-0.05, 0) is 54.2 Å². The molecule has 1 aliphatic rings. The number of hydrogen-bond acceptors (Lipinski definition) is 0. The van der Waals surface area contributed by atoms with E-state index in [1.165, 1.54) is 47.9 Å². The Balaban J connectivity index is 0.000000254. The standard InChI is InChI=1S/C14H18.C11H16.C2H6/c1-10-8-9-13-6-4-5-7-14(13)12(3)11(10)2;1-3-10(4-2)11-8-6-5-7-9-11;1-2/h4-7,10,12H,2,8-9H2,1,3H3;5-10H,3-4H2,1-2H3;1-2H3. The summed E-state index contributed by atoms with van der Waals surface area (Å²) in [4.78, 5) is 0. The van der Waals surface area contributed by atoms with Gasteiger partial charge in [0.2, 0.25) is 0 Å². The fraction of sp³-hybridized carbons (Fsp3) is 0.481. The van der Waals surface area contributed by atoms with Crippen molar-refractivity contribution < 1.29 is 0 Å². The fourth-order valence-corrected chi connectivity index (χ4v) is 3.85. The van der Waals surface area contributed by atoms with E-state index >= 15 is 0 Å². The third-order valence-electron chi connectivity index (χ3n) is 5.81. The van der Waals surface area contributed by atoms with Crippen molar-refractivity contribution in [2.24, 2.45) is 5.92 Å². The van der Waals surface area contributed by atoms with Gasteiger partial charge in [0.25, 0.3) is 0 Å². The zero-order chi connectivity index (χ0) is 20.2. The summed E-state index contributed by atoms with van der Waals surface area (Å²) < 4.78 is 0. The Morgan fingerprint density at radius 3 is 2.04 bits per heavy atom. The maximum atomic E-state index is 4.24. The van der Waals surface area contributed by atoms with Crippen LogP contribution >= 0.6 is 0 Å². The molecule has 1 aliphatic carbocycles. The first kappa shape index (κ1) is 23.2. The van der Waals surface area contributed by atoms with E-state index in [4.69, 9.17) is 0 Å². The number of rotatable bonds is 3. The van der Waals surface area contributed by atoms with Crippen LogP contribution < -0.4 is 0 Å². The third-order valence-corrected chi connectivity index (χ3v) is 5.81. The van der Waals surface area contributed by atoms with Crippen LogP contribution in [0.1, 0.15) is 89.3 Å². The van der Waals surface area contributed by atoms with Crippen molar-refractivity contribution in [2.75, 3.05) is 0 Å². The second-order valence-corrected chi connectivity index (χ2v) is 7.36. The van der Waals surface area contributed by atoms with Crippen molar-refractivity contribution in [2.45, 2.75) is 79.1 Å². The van der Waals surface area contributed by atoms with Crippen LogP contribution in [0.4, 0.5) is 0 Å². The van der Waals surface area contributed by atoms with Crippen molar-refractivity contribution in [3.05, 3.63) is 83.4 Å². The maximum absolute atomic E-state index is 4.24. The van der Waals surface area contributed by atoms with Crippen LogP contribution in [0.25, 0.3) is 0 Å². The van der Waals surface area contributed by atoms with Crippen LogP contribution in [0.2, 0.25) is 0 Å². The van der Waals surface area contributed by atoms with Crippen molar-refractivity contribution in [3.8, 4) is 0 Å². The Morgan fingerprint density at radius 1 is 0.889 bits per heavy atom. The van der Waals surface area contributed by atoms with Crippen LogP contribution in [-0.4, -0.2) is 0 Å². The van der Waals surface area contributed by atoms with Gasteiger partial charge < -0.3 is 0 Å². The van der Waals surface area contributed by atoms with E-state index in [-0.39, 0.29) is 0 Å². The first-order chi connectivity index (χ1) is 13.1. The van der Waals surface area contributed by atoms with Gasteiger partial charge in [-0.2, -0.15) is 0 Å². The number of hydrogen-bond donors (Lipinski definition) is 0. The second-order valence-electron chi connectivity index (χ2n) is 7.36. The third kappa shape index (κ3) is 6.69. The molecule has 3 rings (SSSR count). The van der Waals surface area contributed by atoms with E-state index in [0.717, 1.165) is 5.92 Å². The zero-order valence-corrected chi connectivity index (χ0v) is 18.5. The Kier molecular flexibility index (Phi) is 10.8. The Hall–Kier alpha value is -1.82. The lowest BCUT2D eigenvalue weighted by atomic mass is 9.87. The minimum atomic E-state index is 0.531. The topological polar surface area (TPSA) is 0 Å². The van der Waals surface area contributed by atoms with Crippen molar-refractivity contribution in [1.29, 1.82) is 0 Å². The monoisotopic (exact) mass is 364 g/mol. The van der Waals surface area contributed by atoms with Gasteiger partial charge in [-0.1, -0.05) is 108 Å². The average Bonchev–Trinajstić information content (AvgIpc) is 2.84. The van der Waals surface area contributed by atoms with Crippen LogP contribution in [-0.2, 0) is 6.42 Å². The predicted octanol–water partition coefficient (Wildman–Crippen LogP) is 8.55. The molecule has 0 amide bonds. The average molecular weight is 365 g/mol. The summed E-state index contributed by atoms with van der Waals surface area (Å²) in [7, 11) is 0. The van der Waals surface area contributed by atoms with E-state index in [0.29, 0.717) is 11.8 Å². The highest BCUT2D eigenvalue weighted by molar-refractivity contribution is 5.37. The van der Waals surface area contributed by atoms with Gasteiger partial charge >= 0.3 is 0 Å². The normalized spacial score (nSPS) is 18.4. The molecule has 0 spiro atoms. The summed E-state index contributed by atoms with van der Waals surface area (Å²) >= 11 is 0. The van der Waals surface area contributed by atoms with Gasteiger partial charge in [-0.15, -0.1) is 0 Å². The van der Waals surface area contributed by atoms with Crippen LogP contribution in [0.5, 0.6) is 0 Å². The molecule has 2 aromatic carbocycles. The van der Waals surface area contributed by atoms with Crippen molar-refractivity contribution in [1.82, 2.24) is 0 Å². The number of fused-ring (bicyclic) bond motifs is 1. The van der Waals surface area contributed by atoms with Crippen molar-refractivity contribution in [3.63, 3.8) is 0 Å². The Bertz CT molecular complexity index is 649. The summed E-state index contributed by atoms with van der Waals surface area (Å²) in [5.74, 6) is 1.96. The van der Waals surface area contributed by atoms with E-state index in [2.05, 4.69) is 88.9 Å². The number of aryl methyl sites for hydroxylation is 1. The molecule has 0 heterocycles. The van der Waals surface area contributed by atoms with E-state index in [1.807, 2.05) is 13.8 Å². The first-order valence-electron chi connectivity index (χ1n) is 10.9. The van der Waals surface area contributed by atoms with E-state index < -0.39 is 0 Å². The molecule has 0 nitrogen and oxygen atoms in total. The van der Waals surface area contributed by atoms with Gasteiger partial charge in [0.15, 0.2) is 0 Å². The fourth-order valence-electron chi connectivity index (χ4n) is 3.85. The molecule has 0 aromatic heterocycles. The molecule has 0 N–H and O–H groups in total. The lowest BCUT2D eigenvalue weighted by Crippen LogP contribution is -2.02. The number of benzene rings is 2. The van der Waals surface area contributed by atoms with Gasteiger partial charge in [0.05, 0.1) is 0 Å². The zero-order valence-electron chi connectivity index (χ0n) is 18.5. The highest BCUT2D eigenvalue weighted by Gasteiger charge is 2.21. The highest BCUT2D eigenvalue weighted by Crippen LogP contribution is 2.36. The van der Waals surface area contributed by atoms with Crippen LogP contribution in [0.3, 0.4) is 0 Å². The van der Waals surface area contributed by atoms with E-state index in [1.54, 1.807) is 0 Å². The first-order valence-corrected chi connectivity index (χ1v) is 10.9. The highest BCUT2D eigenvalue weighted by atomic mass is 14.3. The molecule has 27 heavy (non-hydrogen) atoms. The molecule has 2 unspecified atom stereocenters. The molecular weight excluding hydrogens is 324 g/mol. The summed E-state index contributed by atoms with van der Waals surface area (Å²) in [5, 5.41) is 0. The molecule has 2 atom stereocenters. The molecule has 0 fully saturated rings. The summed E-state index contributed by atoms with van der Waals surface area (Å²) in [5.41, 5.74) is 5.89. The van der Waals surface area contributed by atoms with Crippen LogP contribution in [0.15, 0.2) is 66.7 Å². The summed E-state index contributed by atoms with van der Waals surface area (Å²) in [6, 6.07) is 19.5. The second kappa shape index (κ2) is 12.5. The SMILES string of the molecule is C=C1C(C)CCc2ccccc2C1C.CC.CCC(CC)c1ccccc1. The molecule has 0 radical (unpaired) electrons. The maximum Gasteiger partial charge on any atom is 0.00225 e. The summed E-state index contributed by atoms with van der Waals surface area (Å²) in [6.45, 7) is 17.3. The molecule has 148 valence electrons. The molecule has 0 saturated carbocycles. The van der Waals surface area contributed by atoms with E-state index in [9.17, 15) is 0 Å². The Morgan fingerprint density at radius 2 is 1.44 bits per heavy atom. The van der Waals surface area contributed by atoms with Gasteiger partial charge in [-0.3, -0.25) is 0 Å². The van der Waals surface area contributed by atoms with Gasteiger partial charge in [0.1, 0.15) is 0 Å². The lowest BCUT2D eigenvalue weighted by molar-refractivity contribution is 0.599. The molecule has 0 bridgehead atoms. The molecular formula is C27H40. The van der Waals surface area contributed by atoms with Gasteiger partial charge in [0, 0.05) is 5.92 Å². The smallest absolute Gasteiger partial charge is 0.00225 e. The largest absolute Gasteiger partial charge is 0.0990 e. The lowest BCUT2D eigenvalue weighted by Gasteiger charge is -2.17. The molecule has 0 aliphatic heterocycles. The predicted molar refractivity (Wildman–Crippen MR) is 123 cm³/mol. The summed E-state index contributed by atoms with van der Waals surface area (Å²) in [6.07, 6.45) is 4.96. The minimum Gasteiger partial charge on any atom is -0.0990 e.